The molecule has 1 aromatic heterocycles. The second-order valence-corrected chi connectivity index (χ2v) is 6.74. The molecule has 3 rings (SSSR count). The first-order chi connectivity index (χ1) is 13.0. The molecule has 8 heteroatoms. The fourth-order valence-electron chi connectivity index (χ4n) is 3.12. The van der Waals surface area contributed by atoms with Gasteiger partial charge in [-0.3, -0.25) is 4.99 Å². The number of furan rings is 1. The van der Waals surface area contributed by atoms with E-state index >= 15 is 0 Å². The first-order valence-corrected chi connectivity index (χ1v) is 8.85. The predicted molar refractivity (Wildman–Crippen MR) is 116 cm³/mol. The van der Waals surface area contributed by atoms with Gasteiger partial charge < -0.3 is 19.8 Å². The van der Waals surface area contributed by atoms with E-state index in [9.17, 15) is 9.18 Å². The van der Waals surface area contributed by atoms with Crippen molar-refractivity contribution in [3.63, 3.8) is 0 Å². The molecule has 1 heterocycles. The minimum Gasteiger partial charge on any atom is -0.465 e. The van der Waals surface area contributed by atoms with Crippen LogP contribution in [0.4, 0.5) is 4.39 Å². The number of esters is 1. The molecule has 28 heavy (non-hydrogen) atoms. The van der Waals surface area contributed by atoms with E-state index in [1.165, 1.54) is 13.2 Å². The number of nitrogens with one attached hydrogen (secondary N) is 2. The highest BCUT2D eigenvalue weighted by atomic mass is 127. The Morgan fingerprint density at radius 3 is 2.68 bits per heavy atom. The van der Waals surface area contributed by atoms with Gasteiger partial charge in [-0.25, -0.2) is 9.18 Å². The summed E-state index contributed by atoms with van der Waals surface area (Å²) in [6.07, 6.45) is 2.03. The van der Waals surface area contributed by atoms with Crippen molar-refractivity contribution >= 4 is 35.9 Å². The van der Waals surface area contributed by atoms with E-state index in [0.29, 0.717) is 36.1 Å². The molecule has 0 amide bonds. The summed E-state index contributed by atoms with van der Waals surface area (Å²) >= 11 is 0. The summed E-state index contributed by atoms with van der Waals surface area (Å²) in [5, 5.41) is 6.46. The van der Waals surface area contributed by atoms with E-state index in [0.717, 1.165) is 18.4 Å². The van der Waals surface area contributed by atoms with Crippen molar-refractivity contribution in [2.75, 3.05) is 20.7 Å². The normalized spacial score (nSPS) is 14.8. The number of halogens is 2. The molecule has 0 aliphatic heterocycles. The van der Waals surface area contributed by atoms with Crippen LogP contribution in [0.5, 0.6) is 0 Å². The van der Waals surface area contributed by atoms with Gasteiger partial charge in [0.05, 0.1) is 13.7 Å². The molecule has 2 N–H and O–H groups in total. The Bertz CT molecular complexity index is 862. The van der Waals surface area contributed by atoms with Crippen LogP contribution in [-0.2, 0) is 16.7 Å². The molecule has 2 aromatic rings. The van der Waals surface area contributed by atoms with Gasteiger partial charge in [0.25, 0.3) is 0 Å². The lowest BCUT2D eigenvalue weighted by Crippen LogP contribution is -2.40. The predicted octanol–water partition coefficient (Wildman–Crippen LogP) is 3.53. The first-order valence-electron chi connectivity index (χ1n) is 8.85. The number of carbonyl (C=O) groups excluding carboxylic acids is 1. The van der Waals surface area contributed by atoms with Gasteiger partial charge in [0, 0.05) is 19.0 Å². The quantitative estimate of drug-likeness (QED) is 0.274. The Kier molecular flexibility index (Phi) is 7.45. The number of carbonyl (C=O) groups is 1. The SMILES string of the molecule is CN=C(NCc1cc(C(=O)OC)c(C)o1)NCC1(c2cccc(F)c2)CC1.I. The maximum atomic E-state index is 13.5. The molecule has 1 aliphatic carbocycles. The Hall–Kier alpha value is -2.10. The maximum absolute atomic E-state index is 13.5. The first kappa shape index (κ1) is 22.2. The van der Waals surface area contributed by atoms with Crippen LogP contribution in [0.15, 0.2) is 39.7 Å². The van der Waals surface area contributed by atoms with Gasteiger partial charge in [0.15, 0.2) is 5.96 Å². The Morgan fingerprint density at radius 2 is 2.07 bits per heavy atom. The zero-order valence-electron chi connectivity index (χ0n) is 16.2. The molecule has 0 saturated heterocycles. The highest BCUT2D eigenvalue weighted by molar-refractivity contribution is 14.0. The third-order valence-electron chi connectivity index (χ3n) is 4.91. The number of hydrogen-bond acceptors (Lipinski definition) is 4. The number of aliphatic imine (C=N–C) groups is 1. The average molecular weight is 501 g/mol. The van der Waals surface area contributed by atoms with Crippen LogP contribution in [0.25, 0.3) is 0 Å². The van der Waals surface area contributed by atoms with Crippen LogP contribution in [-0.4, -0.2) is 32.6 Å². The van der Waals surface area contributed by atoms with Crippen molar-refractivity contribution in [3.8, 4) is 0 Å². The fraction of sp³-hybridized carbons (Fsp3) is 0.400. The third-order valence-corrected chi connectivity index (χ3v) is 4.91. The van der Waals surface area contributed by atoms with Crippen molar-refractivity contribution in [2.24, 2.45) is 4.99 Å². The number of nitrogens with zero attached hydrogens (tertiary/aromatic N) is 1. The van der Waals surface area contributed by atoms with E-state index in [2.05, 4.69) is 15.6 Å². The Labute approximate surface area is 181 Å². The highest BCUT2D eigenvalue weighted by Gasteiger charge is 2.44. The molecule has 152 valence electrons. The lowest BCUT2D eigenvalue weighted by Gasteiger charge is -2.19. The molecule has 0 atom stereocenters. The summed E-state index contributed by atoms with van der Waals surface area (Å²) in [6.45, 7) is 2.77. The van der Waals surface area contributed by atoms with Gasteiger partial charge in [-0.1, -0.05) is 12.1 Å². The van der Waals surface area contributed by atoms with Crippen molar-refractivity contribution in [1.82, 2.24) is 10.6 Å². The van der Waals surface area contributed by atoms with E-state index < -0.39 is 5.97 Å². The van der Waals surface area contributed by atoms with Crippen LogP contribution in [0, 0.1) is 12.7 Å². The van der Waals surface area contributed by atoms with E-state index in [1.54, 1.807) is 32.2 Å². The molecule has 0 bridgehead atoms. The minimum absolute atomic E-state index is 0. The van der Waals surface area contributed by atoms with Gasteiger partial charge in [0.2, 0.25) is 0 Å². The van der Waals surface area contributed by atoms with Crippen LogP contribution in [0.3, 0.4) is 0 Å². The number of hydrogen-bond donors (Lipinski definition) is 2. The molecule has 1 aromatic carbocycles. The summed E-state index contributed by atoms with van der Waals surface area (Å²) in [6, 6.07) is 8.44. The zero-order chi connectivity index (χ0) is 19.4. The van der Waals surface area contributed by atoms with Crippen LogP contribution < -0.4 is 10.6 Å². The summed E-state index contributed by atoms with van der Waals surface area (Å²) < 4.78 is 23.8. The van der Waals surface area contributed by atoms with Crippen molar-refractivity contribution in [2.45, 2.75) is 31.7 Å². The fourth-order valence-corrected chi connectivity index (χ4v) is 3.12. The second-order valence-electron chi connectivity index (χ2n) is 6.74. The van der Waals surface area contributed by atoms with Crippen molar-refractivity contribution < 1.29 is 18.3 Å². The number of ether oxygens (including phenoxy) is 1. The molecule has 0 radical (unpaired) electrons. The molecule has 1 fully saturated rings. The van der Waals surface area contributed by atoms with Gasteiger partial charge in [-0.05, 0) is 43.5 Å². The number of aryl methyl sites for hydroxylation is 1. The van der Waals surface area contributed by atoms with Crippen molar-refractivity contribution in [1.29, 1.82) is 0 Å². The van der Waals surface area contributed by atoms with E-state index in [1.807, 2.05) is 6.07 Å². The maximum Gasteiger partial charge on any atom is 0.341 e. The van der Waals surface area contributed by atoms with Crippen LogP contribution in [0.1, 0.15) is 40.3 Å². The molecule has 0 spiro atoms. The number of guanidine groups is 1. The second kappa shape index (κ2) is 9.40. The molecule has 1 saturated carbocycles. The standard InChI is InChI=1S/C20H24FN3O3.HI/c1-13-17(18(25)26-3)10-16(27-13)11-23-19(22-2)24-12-20(7-8-20)14-5-4-6-15(21)9-14;/h4-6,9-10H,7-8,11-12H2,1-3H3,(H2,22,23,24);1H. The van der Waals surface area contributed by atoms with E-state index in [4.69, 9.17) is 9.15 Å². The lowest BCUT2D eigenvalue weighted by molar-refractivity contribution is 0.0599. The van der Waals surface area contributed by atoms with Gasteiger partial charge >= 0.3 is 5.97 Å². The summed E-state index contributed by atoms with van der Waals surface area (Å²) in [7, 11) is 3.02. The third kappa shape index (κ3) is 5.03. The molecule has 0 unspecified atom stereocenters. The van der Waals surface area contributed by atoms with Gasteiger partial charge in [0.1, 0.15) is 22.9 Å². The zero-order valence-corrected chi connectivity index (χ0v) is 18.5. The minimum atomic E-state index is -0.421. The molecular formula is C20H25FIN3O3. The monoisotopic (exact) mass is 501 g/mol. The molecular weight excluding hydrogens is 476 g/mol. The Balaban J connectivity index is 0.00000280. The van der Waals surface area contributed by atoms with Crippen LogP contribution in [0.2, 0.25) is 0 Å². The van der Waals surface area contributed by atoms with Crippen molar-refractivity contribution in [3.05, 3.63) is 58.8 Å². The van der Waals surface area contributed by atoms with Gasteiger partial charge in [-0.15, -0.1) is 24.0 Å². The summed E-state index contributed by atoms with van der Waals surface area (Å²) in [5.74, 6) is 1.12. The van der Waals surface area contributed by atoms with Crippen LogP contribution >= 0.6 is 24.0 Å². The van der Waals surface area contributed by atoms with E-state index in [-0.39, 0.29) is 35.2 Å². The largest absolute Gasteiger partial charge is 0.465 e. The number of benzene rings is 1. The molecule has 6 nitrogen and oxygen atoms in total. The average Bonchev–Trinajstić information content (AvgIpc) is 3.37. The summed E-state index contributed by atoms with van der Waals surface area (Å²) in [5.41, 5.74) is 1.38. The number of rotatable bonds is 6. The smallest absolute Gasteiger partial charge is 0.341 e. The van der Waals surface area contributed by atoms with Gasteiger partial charge in [-0.2, -0.15) is 0 Å². The topological polar surface area (TPSA) is 75.9 Å². The number of methoxy groups -OCH3 is 1. The highest BCUT2D eigenvalue weighted by Crippen LogP contribution is 2.47. The lowest BCUT2D eigenvalue weighted by atomic mass is 9.96. The summed E-state index contributed by atoms with van der Waals surface area (Å²) in [4.78, 5) is 15.9. The molecule has 1 aliphatic rings. The Morgan fingerprint density at radius 1 is 1.32 bits per heavy atom.